The second-order valence-electron chi connectivity index (χ2n) is 10.7. The maximum atomic E-state index is 13.6. The number of carbonyl (C=O) groups excluding carboxylic acids is 3. The molecule has 3 rings (SSSR count). The number of amides is 1. The third-order valence-electron chi connectivity index (χ3n) is 7.82. The Morgan fingerprint density at radius 1 is 1.18 bits per heavy atom. The highest BCUT2D eigenvalue weighted by atomic mass is 32.1. The van der Waals surface area contributed by atoms with E-state index in [-0.39, 0.29) is 35.9 Å². The molecule has 2 aromatic rings. The van der Waals surface area contributed by atoms with Crippen LogP contribution in [-0.2, 0) is 32.0 Å². The summed E-state index contributed by atoms with van der Waals surface area (Å²) in [6.07, 6.45) is 3.76. The number of ketones is 2. The minimum atomic E-state index is -0.484. The van der Waals surface area contributed by atoms with Crippen LogP contribution in [0.4, 0.5) is 0 Å². The number of aromatic nitrogens is 1. The fourth-order valence-electron chi connectivity index (χ4n) is 4.88. The fourth-order valence-corrected chi connectivity index (χ4v) is 5.99. The summed E-state index contributed by atoms with van der Waals surface area (Å²) in [7, 11) is 0. The summed E-state index contributed by atoms with van der Waals surface area (Å²) in [5, 5.41) is 4.09. The number of ether oxygens (including phenoxy) is 1. The molecule has 1 N–H and O–H groups in total. The summed E-state index contributed by atoms with van der Waals surface area (Å²) >= 11 is 1.60. The van der Waals surface area contributed by atoms with Crippen molar-refractivity contribution in [1.82, 2.24) is 15.2 Å². The van der Waals surface area contributed by atoms with Gasteiger partial charge in [0.1, 0.15) is 5.78 Å². The van der Waals surface area contributed by atoms with Gasteiger partial charge in [-0.3, -0.25) is 19.3 Å². The van der Waals surface area contributed by atoms with Gasteiger partial charge in [-0.1, -0.05) is 46.8 Å². The molecule has 214 valence electrons. The van der Waals surface area contributed by atoms with Gasteiger partial charge in [-0.15, -0.1) is 11.3 Å². The number of carbonyl (C=O) groups is 3. The van der Waals surface area contributed by atoms with E-state index in [4.69, 9.17) is 9.72 Å². The van der Waals surface area contributed by atoms with Gasteiger partial charge in [0.25, 0.3) is 0 Å². The van der Waals surface area contributed by atoms with Gasteiger partial charge in [0.2, 0.25) is 5.91 Å². The quantitative estimate of drug-likeness (QED) is 0.288. The number of hydrogen-bond donors (Lipinski definition) is 1. The van der Waals surface area contributed by atoms with E-state index in [0.29, 0.717) is 51.0 Å². The number of benzene rings is 1. The Bertz CT molecular complexity index is 1140. The predicted octanol–water partition coefficient (Wildman–Crippen LogP) is 5.16. The van der Waals surface area contributed by atoms with Crippen LogP contribution in [0.5, 0.6) is 0 Å². The molecule has 1 amide bonds. The lowest BCUT2D eigenvalue weighted by atomic mass is 9.91. The first kappa shape index (κ1) is 31.1. The molecule has 0 aliphatic carbocycles. The summed E-state index contributed by atoms with van der Waals surface area (Å²) in [5.74, 6) is -0.300. The van der Waals surface area contributed by atoms with Crippen molar-refractivity contribution in [3.05, 3.63) is 40.9 Å². The molecule has 1 fully saturated rings. The minimum Gasteiger partial charge on any atom is -0.379 e. The van der Waals surface area contributed by atoms with Crippen LogP contribution in [-0.4, -0.2) is 66.2 Å². The Morgan fingerprint density at radius 3 is 2.59 bits per heavy atom. The van der Waals surface area contributed by atoms with E-state index in [9.17, 15) is 14.4 Å². The zero-order chi connectivity index (χ0) is 28.4. The first-order valence-corrected chi connectivity index (χ1v) is 15.3. The first-order valence-electron chi connectivity index (χ1n) is 14.4. The number of Topliss-reactive ketones (excluding diaryl/α,β-unsaturated/α-hetero) is 2. The van der Waals surface area contributed by atoms with Gasteiger partial charge in [0.05, 0.1) is 34.4 Å². The summed E-state index contributed by atoms with van der Waals surface area (Å²) in [6, 6.07) is 6.13. The molecule has 0 saturated carbocycles. The molecule has 1 aromatic heterocycles. The van der Waals surface area contributed by atoms with E-state index in [1.54, 1.807) is 11.3 Å². The smallest absolute Gasteiger partial charge is 0.224 e. The summed E-state index contributed by atoms with van der Waals surface area (Å²) in [5.41, 5.74) is 2.80. The third kappa shape index (κ3) is 9.33. The molecular formula is C31H45N3O4S. The zero-order valence-electron chi connectivity index (χ0n) is 24.1. The predicted molar refractivity (Wildman–Crippen MR) is 158 cm³/mol. The Balaban J connectivity index is 1.66. The monoisotopic (exact) mass is 555 g/mol. The second kappa shape index (κ2) is 15.4. The number of nitrogens with zero attached hydrogens (tertiary/aromatic N) is 2. The molecule has 1 aliphatic heterocycles. The van der Waals surface area contributed by atoms with Gasteiger partial charge in [0.15, 0.2) is 5.78 Å². The fraction of sp³-hybridized carbons (Fsp3) is 0.613. The van der Waals surface area contributed by atoms with Crippen molar-refractivity contribution in [1.29, 1.82) is 0 Å². The lowest BCUT2D eigenvalue weighted by Crippen LogP contribution is -2.44. The molecular weight excluding hydrogens is 510 g/mol. The Kier molecular flexibility index (Phi) is 12.3. The number of nitrogens with one attached hydrogen (secondary N) is 1. The summed E-state index contributed by atoms with van der Waals surface area (Å²) < 4.78 is 6.50. The number of aryl methyl sites for hydroxylation is 1. The average Bonchev–Trinajstić information content (AvgIpc) is 3.35. The lowest BCUT2D eigenvalue weighted by Gasteiger charge is -2.28. The van der Waals surface area contributed by atoms with E-state index in [0.717, 1.165) is 41.2 Å². The Morgan fingerprint density at radius 2 is 1.92 bits per heavy atom. The Labute approximate surface area is 237 Å². The maximum Gasteiger partial charge on any atom is 0.224 e. The number of fused-ring (bicyclic) bond motifs is 1. The van der Waals surface area contributed by atoms with Crippen LogP contribution in [0.3, 0.4) is 0 Å². The van der Waals surface area contributed by atoms with Gasteiger partial charge in [-0.2, -0.15) is 0 Å². The normalized spacial score (nSPS) is 16.5. The van der Waals surface area contributed by atoms with Crippen LogP contribution in [0.2, 0.25) is 0 Å². The summed E-state index contributed by atoms with van der Waals surface area (Å²) in [6.45, 7) is 15.7. The van der Waals surface area contributed by atoms with Crippen molar-refractivity contribution in [3.63, 3.8) is 0 Å². The molecule has 1 aliphatic rings. The molecule has 3 atom stereocenters. The minimum absolute atomic E-state index is 0.0441. The number of thiazole rings is 1. The van der Waals surface area contributed by atoms with E-state index in [2.05, 4.69) is 49.7 Å². The van der Waals surface area contributed by atoms with Crippen LogP contribution in [0.15, 0.2) is 30.4 Å². The Hall–Kier alpha value is -2.42. The maximum absolute atomic E-state index is 13.6. The van der Waals surface area contributed by atoms with Gasteiger partial charge in [0, 0.05) is 56.9 Å². The molecule has 7 nitrogen and oxygen atoms in total. The molecule has 2 heterocycles. The van der Waals surface area contributed by atoms with Gasteiger partial charge in [-0.25, -0.2) is 4.98 Å². The van der Waals surface area contributed by atoms with Crippen LogP contribution < -0.4 is 5.32 Å². The highest BCUT2D eigenvalue weighted by Crippen LogP contribution is 2.27. The van der Waals surface area contributed by atoms with Crippen molar-refractivity contribution < 1.29 is 19.1 Å². The number of rotatable bonds is 16. The van der Waals surface area contributed by atoms with E-state index in [1.807, 2.05) is 13.0 Å². The molecule has 0 radical (unpaired) electrons. The van der Waals surface area contributed by atoms with E-state index in [1.165, 1.54) is 5.56 Å². The SMILES string of the molecule is C=C(CN1CCOCC1)C(=O)CC[C@@H](NC(=O)[C@@H](CC(=O)CC)Cc1nc2ccc(CC)cc2s1)[C@@H](C)CC. The third-order valence-corrected chi connectivity index (χ3v) is 8.86. The van der Waals surface area contributed by atoms with E-state index >= 15 is 0 Å². The van der Waals surface area contributed by atoms with Crippen molar-refractivity contribution in [3.8, 4) is 0 Å². The molecule has 8 heteroatoms. The lowest BCUT2D eigenvalue weighted by molar-refractivity contribution is -0.130. The summed E-state index contributed by atoms with van der Waals surface area (Å²) in [4.78, 5) is 45.9. The van der Waals surface area contributed by atoms with Gasteiger partial charge >= 0.3 is 0 Å². The van der Waals surface area contributed by atoms with Crippen molar-refractivity contribution >= 4 is 39.0 Å². The van der Waals surface area contributed by atoms with Crippen molar-refractivity contribution in [2.45, 2.75) is 78.7 Å². The van der Waals surface area contributed by atoms with E-state index < -0.39 is 5.92 Å². The number of morpholine rings is 1. The zero-order valence-corrected chi connectivity index (χ0v) is 24.9. The molecule has 39 heavy (non-hydrogen) atoms. The molecule has 0 spiro atoms. The van der Waals surface area contributed by atoms with Crippen LogP contribution in [0.1, 0.15) is 70.4 Å². The number of hydrogen-bond acceptors (Lipinski definition) is 7. The van der Waals surface area contributed by atoms with Crippen molar-refractivity contribution in [2.24, 2.45) is 11.8 Å². The standard InChI is InChI=1S/C31H45N3O4S/c1-6-21(4)26(11-12-28(36)22(5)20-34-13-15-38-16-14-34)33-31(37)24(18-25(35)8-3)19-30-32-27-10-9-23(7-2)17-29(27)39-30/h9-10,17,21,24,26H,5-8,11-16,18-20H2,1-4H3,(H,33,37)/t21-,24-,26+/m0/s1. The van der Waals surface area contributed by atoms with Gasteiger partial charge < -0.3 is 10.1 Å². The first-order chi connectivity index (χ1) is 18.7. The molecule has 1 saturated heterocycles. The largest absolute Gasteiger partial charge is 0.379 e. The van der Waals surface area contributed by atoms with Gasteiger partial charge in [-0.05, 0) is 36.5 Å². The van der Waals surface area contributed by atoms with Crippen molar-refractivity contribution in [2.75, 3.05) is 32.8 Å². The molecule has 0 bridgehead atoms. The molecule has 0 unspecified atom stereocenters. The average molecular weight is 556 g/mol. The topological polar surface area (TPSA) is 88.6 Å². The highest BCUT2D eigenvalue weighted by molar-refractivity contribution is 7.18. The van der Waals surface area contributed by atoms with Crippen LogP contribution >= 0.6 is 11.3 Å². The second-order valence-corrected chi connectivity index (χ2v) is 11.8. The van der Waals surface area contributed by atoms with Crippen LogP contribution in [0.25, 0.3) is 10.2 Å². The molecule has 1 aromatic carbocycles. The highest BCUT2D eigenvalue weighted by Gasteiger charge is 2.28. The van der Waals surface area contributed by atoms with Crippen LogP contribution in [0, 0.1) is 11.8 Å².